The van der Waals surface area contributed by atoms with Gasteiger partial charge in [-0.15, -0.1) is 0 Å². The van der Waals surface area contributed by atoms with Crippen LogP contribution in [0.25, 0.3) is 4.96 Å². The lowest BCUT2D eigenvalue weighted by Gasteiger charge is -2.14. The number of anilines is 1. The molecule has 2 heterocycles. The SMILES string of the molecule is CC(Nc1nc2sccn2c1[N+](=O)[O-])c1ccccc1Cl. The predicted molar refractivity (Wildman–Crippen MR) is 83.2 cm³/mol. The first-order valence-electron chi connectivity index (χ1n) is 6.19. The summed E-state index contributed by atoms with van der Waals surface area (Å²) >= 11 is 7.49. The highest BCUT2D eigenvalue weighted by Gasteiger charge is 2.25. The highest BCUT2D eigenvalue weighted by Crippen LogP contribution is 2.32. The van der Waals surface area contributed by atoms with Gasteiger partial charge in [0.25, 0.3) is 4.96 Å². The number of thiazole rings is 1. The number of benzene rings is 1. The first-order chi connectivity index (χ1) is 10.1. The van der Waals surface area contributed by atoms with E-state index in [9.17, 15) is 10.1 Å². The number of nitro groups is 1. The Balaban J connectivity index is 1.98. The van der Waals surface area contributed by atoms with Crippen LogP contribution in [0, 0.1) is 10.1 Å². The molecule has 0 saturated carbocycles. The highest BCUT2D eigenvalue weighted by atomic mass is 35.5. The maximum atomic E-state index is 11.3. The van der Waals surface area contributed by atoms with E-state index in [1.807, 2.05) is 25.1 Å². The van der Waals surface area contributed by atoms with Crippen LogP contribution in [-0.2, 0) is 0 Å². The topological polar surface area (TPSA) is 72.5 Å². The van der Waals surface area contributed by atoms with E-state index in [-0.39, 0.29) is 17.7 Å². The van der Waals surface area contributed by atoms with Gasteiger partial charge >= 0.3 is 5.82 Å². The molecule has 3 rings (SSSR count). The molecule has 2 aromatic heterocycles. The Morgan fingerprint density at radius 2 is 2.24 bits per heavy atom. The van der Waals surface area contributed by atoms with Crippen molar-refractivity contribution in [2.24, 2.45) is 0 Å². The van der Waals surface area contributed by atoms with Gasteiger partial charge in [0.1, 0.15) is 6.20 Å². The van der Waals surface area contributed by atoms with Gasteiger partial charge in [0.05, 0.1) is 6.04 Å². The zero-order chi connectivity index (χ0) is 15.0. The third-order valence-corrected chi connectivity index (χ3v) is 4.24. The van der Waals surface area contributed by atoms with Crippen molar-refractivity contribution >= 4 is 39.5 Å². The Bertz CT molecular complexity index is 813. The van der Waals surface area contributed by atoms with Gasteiger partial charge in [0.2, 0.25) is 5.82 Å². The first-order valence-corrected chi connectivity index (χ1v) is 7.44. The molecule has 108 valence electrons. The smallest absolute Gasteiger partial charge is 0.358 e. The number of nitrogens with one attached hydrogen (secondary N) is 1. The first kappa shape index (κ1) is 13.8. The minimum atomic E-state index is -0.436. The summed E-state index contributed by atoms with van der Waals surface area (Å²) in [6.45, 7) is 1.89. The van der Waals surface area contributed by atoms with Crippen LogP contribution in [0.5, 0.6) is 0 Å². The van der Waals surface area contributed by atoms with Gasteiger partial charge in [-0.05, 0) is 23.5 Å². The summed E-state index contributed by atoms with van der Waals surface area (Å²) < 4.78 is 1.46. The van der Waals surface area contributed by atoms with Crippen molar-refractivity contribution in [2.75, 3.05) is 5.32 Å². The van der Waals surface area contributed by atoms with Gasteiger partial charge in [0.15, 0.2) is 0 Å². The summed E-state index contributed by atoms with van der Waals surface area (Å²) in [4.78, 5) is 15.7. The predicted octanol–water partition coefficient (Wildman–Crippen LogP) is 4.13. The fourth-order valence-electron chi connectivity index (χ4n) is 2.15. The second-order valence-corrected chi connectivity index (χ2v) is 5.76. The number of imidazole rings is 1. The molecule has 0 aliphatic heterocycles. The molecule has 1 aromatic carbocycles. The van der Waals surface area contributed by atoms with Gasteiger partial charge in [-0.2, -0.15) is 9.38 Å². The molecule has 0 saturated heterocycles. The third kappa shape index (κ3) is 2.45. The van der Waals surface area contributed by atoms with Gasteiger partial charge in [-0.3, -0.25) is 0 Å². The van der Waals surface area contributed by atoms with Crippen LogP contribution in [0.1, 0.15) is 18.5 Å². The average molecular weight is 323 g/mol. The second-order valence-electron chi connectivity index (χ2n) is 4.48. The molecule has 0 amide bonds. The van der Waals surface area contributed by atoms with Crippen molar-refractivity contribution in [1.29, 1.82) is 0 Å². The summed E-state index contributed by atoms with van der Waals surface area (Å²) in [6, 6.07) is 7.19. The molecule has 8 heteroatoms. The number of halogens is 1. The molecule has 0 radical (unpaired) electrons. The van der Waals surface area contributed by atoms with E-state index in [0.29, 0.717) is 9.98 Å². The number of hydrogen-bond donors (Lipinski definition) is 1. The van der Waals surface area contributed by atoms with Crippen molar-refractivity contribution in [1.82, 2.24) is 9.38 Å². The maximum absolute atomic E-state index is 11.3. The number of fused-ring (bicyclic) bond motifs is 1. The van der Waals surface area contributed by atoms with Crippen molar-refractivity contribution in [3.05, 3.63) is 56.5 Å². The quantitative estimate of drug-likeness (QED) is 0.579. The molecule has 1 atom stereocenters. The lowest BCUT2D eigenvalue weighted by atomic mass is 10.1. The van der Waals surface area contributed by atoms with E-state index in [4.69, 9.17) is 11.6 Å². The Kier molecular flexibility index (Phi) is 3.52. The summed E-state index contributed by atoms with van der Waals surface area (Å²) in [6.07, 6.45) is 1.64. The van der Waals surface area contributed by atoms with Crippen molar-refractivity contribution in [2.45, 2.75) is 13.0 Å². The Labute approximate surface area is 129 Å². The summed E-state index contributed by atoms with van der Waals surface area (Å²) in [5, 5.41) is 16.7. The van der Waals surface area contributed by atoms with Crippen LogP contribution in [-0.4, -0.2) is 14.3 Å². The fourth-order valence-corrected chi connectivity index (χ4v) is 3.16. The van der Waals surface area contributed by atoms with E-state index >= 15 is 0 Å². The lowest BCUT2D eigenvalue weighted by molar-refractivity contribution is -0.389. The highest BCUT2D eigenvalue weighted by molar-refractivity contribution is 7.15. The summed E-state index contributed by atoms with van der Waals surface area (Å²) in [7, 11) is 0. The number of aromatic nitrogens is 2. The molecule has 0 aliphatic carbocycles. The molecule has 21 heavy (non-hydrogen) atoms. The van der Waals surface area contributed by atoms with Crippen LogP contribution >= 0.6 is 22.9 Å². The Morgan fingerprint density at radius 1 is 1.48 bits per heavy atom. The van der Waals surface area contributed by atoms with E-state index in [0.717, 1.165) is 5.56 Å². The summed E-state index contributed by atoms with van der Waals surface area (Å²) in [5.74, 6) is 0.185. The van der Waals surface area contributed by atoms with Crippen molar-refractivity contribution in [3.63, 3.8) is 0 Å². The molecule has 1 N–H and O–H groups in total. The normalized spacial score (nSPS) is 12.5. The minimum absolute atomic E-state index is 0.0647. The molecule has 6 nitrogen and oxygen atoms in total. The standard InChI is InChI=1S/C13H11ClN4O2S/c1-8(9-4-2-3-5-10(9)14)15-11-12(18(19)20)17-6-7-21-13(17)16-11/h2-8,15H,1H3. The number of rotatable bonds is 4. The Hall–Kier alpha value is -2.12. The van der Waals surface area contributed by atoms with Crippen molar-refractivity contribution < 1.29 is 4.92 Å². The Morgan fingerprint density at radius 3 is 2.95 bits per heavy atom. The fraction of sp³-hybridized carbons (Fsp3) is 0.154. The van der Waals surface area contributed by atoms with Crippen LogP contribution in [0.15, 0.2) is 35.8 Å². The molecular formula is C13H11ClN4O2S. The monoisotopic (exact) mass is 322 g/mol. The largest absolute Gasteiger partial charge is 0.372 e. The second kappa shape index (κ2) is 5.34. The summed E-state index contributed by atoms with van der Waals surface area (Å²) in [5.41, 5.74) is 0.866. The number of nitrogens with zero attached hydrogens (tertiary/aromatic N) is 3. The van der Waals surface area contributed by atoms with Gasteiger partial charge < -0.3 is 15.4 Å². The number of hydrogen-bond acceptors (Lipinski definition) is 5. The average Bonchev–Trinajstić information content (AvgIpc) is 2.98. The molecule has 0 aliphatic rings. The van der Waals surface area contributed by atoms with Crippen LogP contribution in [0.3, 0.4) is 0 Å². The van der Waals surface area contributed by atoms with Crippen LogP contribution < -0.4 is 5.32 Å². The zero-order valence-corrected chi connectivity index (χ0v) is 12.6. The van der Waals surface area contributed by atoms with Gasteiger partial charge in [-0.25, -0.2) is 0 Å². The van der Waals surface area contributed by atoms with Crippen LogP contribution in [0.4, 0.5) is 11.6 Å². The molecule has 0 spiro atoms. The molecule has 0 fully saturated rings. The van der Waals surface area contributed by atoms with Crippen molar-refractivity contribution in [3.8, 4) is 0 Å². The van der Waals surface area contributed by atoms with Gasteiger partial charge in [-0.1, -0.05) is 41.1 Å². The van der Waals surface area contributed by atoms with E-state index in [1.54, 1.807) is 17.6 Å². The molecular weight excluding hydrogens is 312 g/mol. The maximum Gasteiger partial charge on any atom is 0.372 e. The van der Waals surface area contributed by atoms with Crippen LogP contribution in [0.2, 0.25) is 5.02 Å². The minimum Gasteiger partial charge on any atom is -0.358 e. The molecule has 0 bridgehead atoms. The lowest BCUT2D eigenvalue weighted by Crippen LogP contribution is -2.09. The van der Waals surface area contributed by atoms with E-state index < -0.39 is 4.92 Å². The van der Waals surface area contributed by atoms with Gasteiger partial charge in [0, 0.05) is 10.4 Å². The van der Waals surface area contributed by atoms with E-state index in [2.05, 4.69) is 10.3 Å². The van der Waals surface area contributed by atoms with E-state index in [1.165, 1.54) is 15.7 Å². The third-order valence-electron chi connectivity index (χ3n) is 3.13. The molecule has 1 unspecified atom stereocenters. The molecule has 3 aromatic rings. The zero-order valence-electron chi connectivity index (χ0n) is 11.0.